The number of esters is 2. The Morgan fingerprint density at radius 3 is 2.33 bits per heavy atom. The van der Waals surface area contributed by atoms with E-state index in [0.29, 0.717) is 11.3 Å². The lowest BCUT2D eigenvalue weighted by molar-refractivity contribution is -0.133. The minimum Gasteiger partial charge on any atom is -0.465 e. The number of hydrogen-bond donors (Lipinski definition) is 0. The van der Waals surface area contributed by atoms with E-state index in [-0.39, 0.29) is 12.4 Å². The average molecular weight is 320 g/mol. The third-order valence-corrected chi connectivity index (χ3v) is 3.72. The van der Waals surface area contributed by atoms with Crippen LogP contribution in [0.4, 0.5) is 0 Å². The van der Waals surface area contributed by atoms with Gasteiger partial charge in [0.2, 0.25) is 0 Å². The van der Waals surface area contributed by atoms with Crippen molar-refractivity contribution < 1.29 is 19.1 Å². The SMILES string of the molecule is COC(=O)c1ccc(OC(=O)Cc2cccc3ccccc23)cc1. The number of carbonyl (C=O) groups is 2. The second-order valence-electron chi connectivity index (χ2n) is 5.31. The monoisotopic (exact) mass is 320 g/mol. The summed E-state index contributed by atoms with van der Waals surface area (Å²) in [5.74, 6) is -0.381. The standard InChI is InChI=1S/C20H16O4/c1-23-20(22)15-9-11-17(12-10-15)24-19(21)13-16-7-4-6-14-5-2-3-8-18(14)16/h2-12H,13H2,1H3. The zero-order valence-corrected chi connectivity index (χ0v) is 13.2. The molecule has 4 nitrogen and oxygen atoms in total. The molecule has 3 aromatic rings. The van der Waals surface area contributed by atoms with Crippen molar-refractivity contribution in [3.05, 3.63) is 77.9 Å². The molecule has 0 bridgehead atoms. The van der Waals surface area contributed by atoms with Crippen LogP contribution in [0, 0.1) is 0 Å². The Morgan fingerprint density at radius 2 is 1.58 bits per heavy atom. The minimum atomic E-state index is -0.427. The van der Waals surface area contributed by atoms with Gasteiger partial charge in [-0.3, -0.25) is 4.79 Å². The molecule has 0 aliphatic heterocycles. The van der Waals surface area contributed by atoms with E-state index in [0.717, 1.165) is 16.3 Å². The Hall–Kier alpha value is -3.14. The van der Waals surface area contributed by atoms with E-state index in [2.05, 4.69) is 4.74 Å². The van der Waals surface area contributed by atoms with Crippen LogP contribution in [0.15, 0.2) is 66.7 Å². The summed E-state index contributed by atoms with van der Waals surface area (Å²) in [5, 5.41) is 2.13. The van der Waals surface area contributed by atoms with Gasteiger partial charge in [0.15, 0.2) is 0 Å². The number of ether oxygens (including phenoxy) is 2. The first-order valence-electron chi connectivity index (χ1n) is 7.53. The van der Waals surface area contributed by atoms with Crippen molar-refractivity contribution in [3.63, 3.8) is 0 Å². The van der Waals surface area contributed by atoms with Gasteiger partial charge in [-0.2, -0.15) is 0 Å². The number of benzene rings is 3. The third kappa shape index (κ3) is 3.43. The lowest BCUT2D eigenvalue weighted by Crippen LogP contribution is -2.11. The normalized spacial score (nSPS) is 10.4. The molecule has 3 rings (SSSR count). The topological polar surface area (TPSA) is 52.6 Å². The van der Waals surface area contributed by atoms with Gasteiger partial charge in [0.05, 0.1) is 19.1 Å². The van der Waals surface area contributed by atoms with Crippen LogP contribution in [-0.2, 0) is 16.0 Å². The molecule has 4 heteroatoms. The summed E-state index contributed by atoms with van der Waals surface area (Å²) in [6.07, 6.45) is 0.181. The quantitative estimate of drug-likeness (QED) is 0.542. The fourth-order valence-electron chi connectivity index (χ4n) is 2.55. The van der Waals surface area contributed by atoms with Gasteiger partial charge >= 0.3 is 11.9 Å². The van der Waals surface area contributed by atoms with Gasteiger partial charge in [-0.05, 0) is 40.6 Å². The summed E-state index contributed by atoms with van der Waals surface area (Å²) in [4.78, 5) is 23.6. The van der Waals surface area contributed by atoms with Gasteiger partial charge in [0.1, 0.15) is 5.75 Å². The van der Waals surface area contributed by atoms with Crippen molar-refractivity contribution >= 4 is 22.7 Å². The maximum Gasteiger partial charge on any atom is 0.337 e. The zero-order valence-electron chi connectivity index (χ0n) is 13.2. The van der Waals surface area contributed by atoms with Crippen LogP contribution < -0.4 is 4.74 Å². The summed E-state index contributed by atoms with van der Waals surface area (Å²) >= 11 is 0. The second-order valence-corrected chi connectivity index (χ2v) is 5.31. The third-order valence-electron chi connectivity index (χ3n) is 3.72. The van der Waals surface area contributed by atoms with E-state index in [4.69, 9.17) is 4.74 Å². The maximum absolute atomic E-state index is 12.2. The van der Waals surface area contributed by atoms with Crippen LogP contribution in [0.2, 0.25) is 0 Å². The summed E-state index contributed by atoms with van der Waals surface area (Å²) in [5.41, 5.74) is 1.33. The molecule has 0 atom stereocenters. The molecule has 0 fully saturated rings. The van der Waals surface area contributed by atoms with Gasteiger partial charge in [-0.1, -0.05) is 42.5 Å². The highest BCUT2D eigenvalue weighted by Gasteiger charge is 2.10. The molecule has 0 aromatic heterocycles. The largest absolute Gasteiger partial charge is 0.465 e. The molecule has 24 heavy (non-hydrogen) atoms. The molecule has 0 saturated carbocycles. The van der Waals surface area contributed by atoms with Gasteiger partial charge in [-0.15, -0.1) is 0 Å². The van der Waals surface area contributed by atoms with Crippen LogP contribution in [-0.4, -0.2) is 19.0 Å². The number of methoxy groups -OCH3 is 1. The van der Waals surface area contributed by atoms with E-state index in [1.807, 2.05) is 42.5 Å². The molecule has 0 spiro atoms. The van der Waals surface area contributed by atoms with Crippen LogP contribution in [0.1, 0.15) is 15.9 Å². The molecule has 120 valence electrons. The van der Waals surface area contributed by atoms with Crippen LogP contribution in [0.5, 0.6) is 5.75 Å². The molecule has 0 heterocycles. The Bertz CT molecular complexity index is 876. The summed E-state index contributed by atoms with van der Waals surface area (Å²) in [7, 11) is 1.32. The molecule has 3 aromatic carbocycles. The zero-order chi connectivity index (χ0) is 16.9. The van der Waals surface area contributed by atoms with Crippen LogP contribution in [0.25, 0.3) is 10.8 Å². The molecule has 0 aliphatic carbocycles. The Balaban J connectivity index is 1.72. The van der Waals surface area contributed by atoms with E-state index < -0.39 is 5.97 Å². The molecule has 0 unspecified atom stereocenters. The molecule has 0 radical (unpaired) electrons. The van der Waals surface area contributed by atoms with E-state index in [1.54, 1.807) is 24.3 Å². The van der Waals surface area contributed by atoms with Gasteiger partial charge < -0.3 is 9.47 Å². The lowest BCUT2D eigenvalue weighted by atomic mass is 10.0. The van der Waals surface area contributed by atoms with Crippen LogP contribution >= 0.6 is 0 Å². The van der Waals surface area contributed by atoms with Crippen molar-refractivity contribution in [2.75, 3.05) is 7.11 Å². The molecular weight excluding hydrogens is 304 g/mol. The first-order valence-corrected chi connectivity index (χ1v) is 7.53. The lowest BCUT2D eigenvalue weighted by Gasteiger charge is -2.07. The molecular formula is C20H16O4. The first kappa shape index (κ1) is 15.7. The van der Waals surface area contributed by atoms with E-state index >= 15 is 0 Å². The van der Waals surface area contributed by atoms with Gasteiger partial charge in [0, 0.05) is 0 Å². The smallest absolute Gasteiger partial charge is 0.337 e. The summed E-state index contributed by atoms with van der Waals surface area (Å²) in [6, 6.07) is 20.0. The Kier molecular flexibility index (Phi) is 4.57. The molecule has 0 aliphatic rings. The Morgan fingerprint density at radius 1 is 0.875 bits per heavy atom. The maximum atomic E-state index is 12.2. The fraction of sp³-hybridized carbons (Fsp3) is 0.100. The molecule has 0 saturated heterocycles. The molecule has 0 N–H and O–H groups in total. The van der Waals surface area contributed by atoms with Crippen LogP contribution in [0.3, 0.4) is 0 Å². The van der Waals surface area contributed by atoms with Crippen molar-refractivity contribution in [2.24, 2.45) is 0 Å². The van der Waals surface area contributed by atoms with Crippen molar-refractivity contribution in [3.8, 4) is 5.75 Å². The van der Waals surface area contributed by atoms with E-state index in [1.165, 1.54) is 7.11 Å². The number of carbonyl (C=O) groups excluding carboxylic acids is 2. The number of rotatable bonds is 4. The predicted molar refractivity (Wildman–Crippen MR) is 91.1 cm³/mol. The van der Waals surface area contributed by atoms with Crippen molar-refractivity contribution in [1.82, 2.24) is 0 Å². The summed E-state index contributed by atoms with van der Waals surface area (Å²) in [6.45, 7) is 0. The number of fused-ring (bicyclic) bond motifs is 1. The van der Waals surface area contributed by atoms with Crippen molar-refractivity contribution in [1.29, 1.82) is 0 Å². The first-order chi connectivity index (χ1) is 11.7. The van der Waals surface area contributed by atoms with Crippen molar-refractivity contribution in [2.45, 2.75) is 6.42 Å². The summed E-state index contributed by atoms with van der Waals surface area (Å²) < 4.78 is 9.97. The minimum absolute atomic E-state index is 0.181. The highest BCUT2D eigenvalue weighted by atomic mass is 16.5. The molecule has 0 amide bonds. The second kappa shape index (κ2) is 6.96. The number of hydrogen-bond acceptors (Lipinski definition) is 4. The predicted octanol–water partition coefficient (Wildman–Crippen LogP) is 3.77. The highest BCUT2D eigenvalue weighted by molar-refractivity contribution is 5.90. The van der Waals surface area contributed by atoms with E-state index in [9.17, 15) is 9.59 Å². The van der Waals surface area contributed by atoms with Gasteiger partial charge in [-0.25, -0.2) is 4.79 Å². The average Bonchev–Trinajstić information content (AvgIpc) is 2.62. The van der Waals surface area contributed by atoms with Gasteiger partial charge in [0.25, 0.3) is 0 Å². The Labute approximate surface area is 139 Å². The highest BCUT2D eigenvalue weighted by Crippen LogP contribution is 2.20. The fourth-order valence-corrected chi connectivity index (χ4v) is 2.55.